The van der Waals surface area contributed by atoms with Crippen LogP contribution in [0.4, 0.5) is 0 Å². The van der Waals surface area contributed by atoms with E-state index in [0.717, 1.165) is 17.8 Å². The van der Waals surface area contributed by atoms with Crippen LogP contribution in [0.2, 0.25) is 0 Å². The van der Waals surface area contributed by atoms with Crippen LogP contribution in [-0.4, -0.2) is 12.7 Å². The van der Waals surface area contributed by atoms with Crippen molar-refractivity contribution in [2.24, 2.45) is 23.2 Å². The lowest BCUT2D eigenvalue weighted by molar-refractivity contribution is -0.0814. The summed E-state index contributed by atoms with van der Waals surface area (Å²) in [4.78, 5) is 0. The molecule has 3 fully saturated rings. The average molecular weight is 264 g/mol. The molecule has 1 nitrogen and oxygen atoms in total. The molecule has 0 aromatic heterocycles. The molecule has 0 heterocycles. The number of hydrogen-bond acceptors (Lipinski definition) is 1. The Balaban J connectivity index is 1.96. The molecule has 0 amide bonds. The molecule has 3 aliphatic carbocycles. The van der Waals surface area contributed by atoms with Crippen LogP contribution in [0.15, 0.2) is 0 Å². The van der Waals surface area contributed by atoms with Gasteiger partial charge in [0.25, 0.3) is 0 Å². The van der Waals surface area contributed by atoms with Crippen LogP contribution < -0.4 is 0 Å². The zero-order valence-electron chi connectivity index (χ0n) is 13.2. The van der Waals surface area contributed by atoms with Crippen molar-refractivity contribution in [2.75, 3.05) is 7.11 Å². The van der Waals surface area contributed by atoms with Crippen LogP contribution in [0.1, 0.15) is 78.1 Å². The monoisotopic (exact) mass is 264 g/mol. The molecule has 0 aromatic carbocycles. The first-order valence-corrected chi connectivity index (χ1v) is 8.63. The molecule has 5 atom stereocenters. The first kappa shape index (κ1) is 13.9. The summed E-state index contributed by atoms with van der Waals surface area (Å²) in [5.74, 6) is 2.74. The molecule has 0 spiro atoms. The maximum Gasteiger partial charge on any atom is 0.0707 e. The van der Waals surface area contributed by atoms with Crippen LogP contribution in [0.3, 0.4) is 0 Å². The predicted molar refractivity (Wildman–Crippen MR) is 80.2 cm³/mol. The Kier molecular flexibility index (Phi) is 3.71. The van der Waals surface area contributed by atoms with Crippen LogP contribution in [0.5, 0.6) is 0 Å². The topological polar surface area (TPSA) is 9.23 Å². The molecular formula is C18H32O. The lowest BCUT2D eigenvalue weighted by Gasteiger charge is -2.44. The fourth-order valence-corrected chi connectivity index (χ4v) is 5.82. The van der Waals surface area contributed by atoms with Crippen LogP contribution in [0, 0.1) is 23.2 Å². The van der Waals surface area contributed by atoms with Crippen molar-refractivity contribution >= 4 is 0 Å². The highest BCUT2D eigenvalue weighted by Gasteiger charge is 2.50. The molecule has 0 saturated heterocycles. The van der Waals surface area contributed by atoms with Crippen molar-refractivity contribution in [3.63, 3.8) is 0 Å². The first-order valence-electron chi connectivity index (χ1n) is 8.63. The Morgan fingerprint density at radius 1 is 0.947 bits per heavy atom. The number of methoxy groups -OCH3 is 1. The fraction of sp³-hybridized carbons (Fsp3) is 1.00. The molecule has 110 valence electrons. The minimum atomic E-state index is 0.237. The molecule has 0 aliphatic heterocycles. The summed E-state index contributed by atoms with van der Waals surface area (Å²) in [5.41, 5.74) is 0.837. The standard InChI is InChI=1S/C18H32O/c1-14-6-5-9-18(19-3)11-10-17(2,13-14)15-7-4-8-16(18)12-15/h14-16H,4-13H2,1-3H3. The maximum absolute atomic E-state index is 6.20. The van der Waals surface area contributed by atoms with Gasteiger partial charge in [0.1, 0.15) is 0 Å². The van der Waals surface area contributed by atoms with Gasteiger partial charge in [-0.3, -0.25) is 0 Å². The van der Waals surface area contributed by atoms with Gasteiger partial charge in [-0.05, 0) is 68.1 Å². The third-order valence-corrected chi connectivity index (χ3v) is 7.04. The molecule has 3 saturated carbocycles. The number of hydrogen-bond donors (Lipinski definition) is 0. The van der Waals surface area contributed by atoms with Crippen molar-refractivity contribution in [2.45, 2.75) is 83.7 Å². The van der Waals surface area contributed by atoms with Gasteiger partial charge in [0, 0.05) is 7.11 Å². The zero-order chi connectivity index (χ0) is 13.5. The largest absolute Gasteiger partial charge is 0.378 e. The number of rotatable bonds is 1. The molecule has 0 N–H and O–H groups in total. The molecule has 0 aromatic rings. The lowest BCUT2D eigenvalue weighted by Crippen LogP contribution is -2.41. The normalized spacial score (nSPS) is 51.0. The second-order valence-corrected chi connectivity index (χ2v) is 8.18. The quantitative estimate of drug-likeness (QED) is 0.633. The third kappa shape index (κ3) is 2.37. The molecule has 3 rings (SSSR count). The van der Waals surface area contributed by atoms with Crippen molar-refractivity contribution in [3.05, 3.63) is 0 Å². The Hall–Kier alpha value is -0.0400. The summed E-state index contributed by atoms with van der Waals surface area (Å²) in [5, 5.41) is 0. The molecule has 5 unspecified atom stereocenters. The zero-order valence-corrected chi connectivity index (χ0v) is 13.2. The molecule has 4 bridgehead atoms. The summed E-state index contributed by atoms with van der Waals surface area (Å²) in [6.45, 7) is 5.09. The summed E-state index contributed by atoms with van der Waals surface area (Å²) in [6, 6.07) is 0. The molecule has 1 heteroatoms. The third-order valence-electron chi connectivity index (χ3n) is 7.04. The highest BCUT2D eigenvalue weighted by atomic mass is 16.5. The second-order valence-electron chi connectivity index (χ2n) is 8.18. The molecule has 19 heavy (non-hydrogen) atoms. The van der Waals surface area contributed by atoms with E-state index in [-0.39, 0.29) is 5.60 Å². The van der Waals surface area contributed by atoms with Gasteiger partial charge in [-0.2, -0.15) is 0 Å². The lowest BCUT2D eigenvalue weighted by atomic mass is 9.63. The van der Waals surface area contributed by atoms with Gasteiger partial charge in [0.05, 0.1) is 5.60 Å². The summed E-state index contributed by atoms with van der Waals surface area (Å²) in [6.07, 6.45) is 14.1. The highest BCUT2D eigenvalue weighted by molar-refractivity contribution is 5.01. The Morgan fingerprint density at radius 3 is 2.53 bits per heavy atom. The van der Waals surface area contributed by atoms with Crippen LogP contribution >= 0.6 is 0 Å². The van der Waals surface area contributed by atoms with Crippen molar-refractivity contribution in [3.8, 4) is 0 Å². The summed E-state index contributed by atoms with van der Waals surface area (Å²) >= 11 is 0. The van der Waals surface area contributed by atoms with Crippen LogP contribution in [-0.2, 0) is 4.74 Å². The predicted octanol–water partition coefficient (Wildman–Crippen LogP) is 5.19. The van der Waals surface area contributed by atoms with E-state index in [1.165, 1.54) is 64.2 Å². The van der Waals surface area contributed by atoms with E-state index < -0.39 is 0 Å². The maximum atomic E-state index is 6.20. The Labute approximate surface area is 119 Å². The smallest absolute Gasteiger partial charge is 0.0707 e. The SMILES string of the molecule is COC12CCCC(C)CC(C)(CC1)C1CCCC2C1. The van der Waals surface area contributed by atoms with E-state index in [1.807, 2.05) is 7.11 Å². The van der Waals surface area contributed by atoms with Gasteiger partial charge in [-0.1, -0.05) is 33.1 Å². The van der Waals surface area contributed by atoms with E-state index in [0.29, 0.717) is 5.41 Å². The van der Waals surface area contributed by atoms with Gasteiger partial charge >= 0.3 is 0 Å². The summed E-state index contributed by atoms with van der Waals surface area (Å²) in [7, 11) is 1.99. The van der Waals surface area contributed by atoms with Gasteiger partial charge in [0.15, 0.2) is 0 Å². The molecule has 0 radical (unpaired) electrons. The second kappa shape index (κ2) is 5.06. The Morgan fingerprint density at radius 2 is 1.74 bits per heavy atom. The van der Waals surface area contributed by atoms with E-state index in [9.17, 15) is 0 Å². The average Bonchev–Trinajstić information content (AvgIpc) is 2.46. The van der Waals surface area contributed by atoms with E-state index >= 15 is 0 Å². The number of fused-ring (bicyclic) bond motifs is 7. The minimum Gasteiger partial charge on any atom is -0.378 e. The number of ether oxygens (including phenoxy) is 1. The minimum absolute atomic E-state index is 0.237. The summed E-state index contributed by atoms with van der Waals surface area (Å²) < 4.78 is 6.20. The van der Waals surface area contributed by atoms with Crippen molar-refractivity contribution < 1.29 is 4.74 Å². The van der Waals surface area contributed by atoms with Gasteiger partial charge < -0.3 is 4.74 Å². The van der Waals surface area contributed by atoms with Crippen molar-refractivity contribution in [1.29, 1.82) is 0 Å². The van der Waals surface area contributed by atoms with Gasteiger partial charge in [-0.25, -0.2) is 0 Å². The van der Waals surface area contributed by atoms with Crippen LogP contribution in [0.25, 0.3) is 0 Å². The van der Waals surface area contributed by atoms with Gasteiger partial charge in [-0.15, -0.1) is 0 Å². The van der Waals surface area contributed by atoms with E-state index in [1.54, 1.807) is 0 Å². The van der Waals surface area contributed by atoms with E-state index in [4.69, 9.17) is 4.74 Å². The first-order chi connectivity index (χ1) is 9.08. The van der Waals surface area contributed by atoms with Crippen molar-refractivity contribution in [1.82, 2.24) is 0 Å². The van der Waals surface area contributed by atoms with E-state index in [2.05, 4.69) is 13.8 Å². The molecular weight excluding hydrogens is 232 g/mol. The Bertz CT molecular complexity index is 326. The highest BCUT2D eigenvalue weighted by Crippen LogP contribution is 2.56. The molecule has 3 aliphatic rings. The fourth-order valence-electron chi connectivity index (χ4n) is 5.82. The van der Waals surface area contributed by atoms with Gasteiger partial charge in [0.2, 0.25) is 0 Å².